The molecular weight excluding hydrogens is 456 g/mol. The molecule has 11 heteroatoms. The Morgan fingerprint density at radius 3 is 2.47 bits per heavy atom. The minimum atomic E-state index is -4.88. The third-order valence-electron chi connectivity index (χ3n) is 5.80. The van der Waals surface area contributed by atoms with Gasteiger partial charge >= 0.3 is 12.4 Å². The number of piperidine rings is 1. The zero-order chi connectivity index (χ0) is 23.3. The first-order valence-electron chi connectivity index (χ1n) is 9.66. The first-order valence-corrected chi connectivity index (χ1v) is 10.5. The molecule has 1 amide bonds. The van der Waals surface area contributed by atoms with Gasteiger partial charge in [0.25, 0.3) is 5.24 Å². The number of carbonyl (C=O) groups is 1. The van der Waals surface area contributed by atoms with Crippen LogP contribution in [-0.4, -0.2) is 35.6 Å². The third-order valence-corrected chi connectivity index (χ3v) is 6.64. The molecule has 1 unspecified atom stereocenters. The van der Waals surface area contributed by atoms with Gasteiger partial charge in [-0.05, 0) is 47.2 Å². The highest BCUT2D eigenvalue weighted by molar-refractivity contribution is 8.18. The number of nitrogens with zero attached hydrogens (tertiary/aromatic N) is 2. The molecule has 3 atom stereocenters. The van der Waals surface area contributed by atoms with Crippen molar-refractivity contribution in [1.82, 2.24) is 10.2 Å². The van der Waals surface area contributed by atoms with Gasteiger partial charge < -0.3 is 5.32 Å². The van der Waals surface area contributed by atoms with E-state index in [0.717, 1.165) is 17.8 Å². The highest BCUT2D eigenvalue weighted by atomic mass is 32.2. The summed E-state index contributed by atoms with van der Waals surface area (Å²) in [5.41, 5.74) is -2.75. The molecule has 0 radical (unpaired) electrons. The van der Waals surface area contributed by atoms with Crippen LogP contribution in [0.15, 0.2) is 34.2 Å². The van der Waals surface area contributed by atoms with E-state index in [2.05, 4.69) is 16.2 Å². The fraction of sp³-hybridized carbons (Fsp3) is 0.429. The Morgan fingerprint density at radius 2 is 1.88 bits per heavy atom. The summed E-state index contributed by atoms with van der Waals surface area (Å²) in [6, 6.07) is 1.78. The highest BCUT2D eigenvalue weighted by Crippen LogP contribution is 2.54. The molecule has 170 valence electrons. The number of likely N-dealkylation sites (tertiary alicyclic amines) is 1. The number of thioether (sulfide) groups is 1. The van der Waals surface area contributed by atoms with Gasteiger partial charge in [-0.3, -0.25) is 14.7 Å². The van der Waals surface area contributed by atoms with Crippen molar-refractivity contribution in [1.29, 1.82) is 0 Å². The molecule has 1 N–H and O–H groups in total. The topological polar surface area (TPSA) is 44.7 Å². The van der Waals surface area contributed by atoms with Crippen molar-refractivity contribution in [2.24, 2.45) is 22.7 Å². The van der Waals surface area contributed by atoms with Gasteiger partial charge in [0.1, 0.15) is 12.4 Å². The van der Waals surface area contributed by atoms with Gasteiger partial charge in [-0.15, -0.1) is 6.42 Å². The smallest absolute Gasteiger partial charge is 0.300 e. The summed E-state index contributed by atoms with van der Waals surface area (Å²) >= 11 is 1.02. The molecule has 2 aliphatic heterocycles. The van der Waals surface area contributed by atoms with Crippen LogP contribution in [0.4, 0.5) is 31.1 Å². The van der Waals surface area contributed by atoms with Crippen LogP contribution >= 0.6 is 11.8 Å². The van der Waals surface area contributed by atoms with Crippen LogP contribution in [-0.2, 0) is 18.9 Å². The van der Waals surface area contributed by atoms with E-state index in [4.69, 9.17) is 6.42 Å². The number of alkyl halides is 6. The van der Waals surface area contributed by atoms with Crippen LogP contribution in [0.25, 0.3) is 0 Å². The lowest BCUT2D eigenvalue weighted by Crippen LogP contribution is -2.26. The molecule has 1 aliphatic carbocycles. The van der Waals surface area contributed by atoms with Gasteiger partial charge in [0.05, 0.1) is 16.0 Å². The van der Waals surface area contributed by atoms with E-state index in [1.807, 2.05) is 11.0 Å². The summed E-state index contributed by atoms with van der Waals surface area (Å²) in [5.74, 6) is 3.41. The lowest BCUT2D eigenvalue weighted by molar-refractivity contribution is -0.143. The van der Waals surface area contributed by atoms with Crippen molar-refractivity contribution in [3.8, 4) is 12.3 Å². The predicted octanol–water partition coefficient (Wildman–Crippen LogP) is 4.77. The number of fused-ring (bicyclic) bond motifs is 1. The van der Waals surface area contributed by atoms with Crippen molar-refractivity contribution in [2.45, 2.75) is 18.9 Å². The molecular formula is C21H17F6N3OS. The maximum Gasteiger partial charge on any atom is 0.416 e. The Balaban J connectivity index is 1.43. The number of halogens is 6. The lowest BCUT2D eigenvalue weighted by atomic mass is 10.0. The molecule has 3 aliphatic rings. The molecule has 2 heterocycles. The van der Waals surface area contributed by atoms with Gasteiger partial charge in [0.15, 0.2) is 0 Å². The van der Waals surface area contributed by atoms with Gasteiger partial charge in [0.2, 0.25) is 0 Å². The SMILES string of the molecule is C#CCN=C1NC(=O)S/C1=C\C1[C@H]2CN(Cc3ccc(C(F)(F)F)cc3C(F)(F)F)C[C@@H]12. The first kappa shape index (κ1) is 22.7. The Labute approximate surface area is 184 Å². The quantitative estimate of drug-likeness (QED) is 0.506. The van der Waals surface area contributed by atoms with Crippen molar-refractivity contribution >= 4 is 22.8 Å². The molecule has 3 fully saturated rings. The van der Waals surface area contributed by atoms with Gasteiger partial charge in [-0.1, -0.05) is 18.1 Å². The molecule has 4 rings (SSSR count). The number of carbonyl (C=O) groups excluding carboxylic acids is 1. The Morgan fingerprint density at radius 1 is 1.19 bits per heavy atom. The maximum absolute atomic E-state index is 13.4. The zero-order valence-corrected chi connectivity index (χ0v) is 17.2. The number of amidine groups is 1. The lowest BCUT2D eigenvalue weighted by Gasteiger charge is -2.22. The van der Waals surface area contributed by atoms with Crippen molar-refractivity contribution in [3.05, 3.63) is 45.9 Å². The van der Waals surface area contributed by atoms with Crippen LogP contribution in [0.1, 0.15) is 16.7 Å². The summed E-state index contributed by atoms with van der Waals surface area (Å²) in [4.78, 5) is 18.3. The molecule has 32 heavy (non-hydrogen) atoms. The van der Waals surface area contributed by atoms with Crippen molar-refractivity contribution in [3.63, 3.8) is 0 Å². The number of allylic oxidation sites excluding steroid dienone is 1. The molecule has 0 aromatic heterocycles. The predicted molar refractivity (Wildman–Crippen MR) is 108 cm³/mol. The average molecular weight is 473 g/mol. The second-order valence-electron chi connectivity index (χ2n) is 7.88. The minimum absolute atomic E-state index is 0.0764. The Kier molecular flexibility index (Phi) is 5.79. The minimum Gasteiger partial charge on any atom is -0.300 e. The number of aliphatic imine (C=N–C) groups is 1. The Bertz CT molecular complexity index is 1030. The normalized spacial score (nSPS) is 28.2. The van der Waals surface area contributed by atoms with E-state index in [1.54, 1.807) is 0 Å². The Hall–Kier alpha value is -2.45. The van der Waals surface area contributed by atoms with E-state index in [1.165, 1.54) is 0 Å². The van der Waals surface area contributed by atoms with Gasteiger partial charge in [-0.25, -0.2) is 0 Å². The van der Waals surface area contributed by atoms with Gasteiger partial charge in [-0.2, -0.15) is 26.3 Å². The van der Waals surface area contributed by atoms with Crippen LogP contribution in [0.3, 0.4) is 0 Å². The number of rotatable bonds is 4. The van der Waals surface area contributed by atoms with E-state index in [9.17, 15) is 31.1 Å². The van der Waals surface area contributed by atoms with Crippen LogP contribution < -0.4 is 5.32 Å². The van der Waals surface area contributed by atoms with Crippen molar-refractivity contribution in [2.75, 3.05) is 19.6 Å². The summed E-state index contributed by atoms with van der Waals surface area (Å²) < 4.78 is 78.7. The van der Waals surface area contributed by atoms with E-state index in [0.29, 0.717) is 29.9 Å². The summed E-state index contributed by atoms with van der Waals surface area (Å²) in [5, 5.41) is 2.38. The molecule has 0 spiro atoms. The number of benzene rings is 1. The molecule has 1 aromatic rings. The molecule has 1 aromatic carbocycles. The third kappa shape index (κ3) is 4.66. The summed E-state index contributed by atoms with van der Waals surface area (Å²) in [6.07, 6.45) is -2.58. The van der Waals surface area contributed by atoms with E-state index in [-0.39, 0.29) is 47.7 Å². The largest absolute Gasteiger partial charge is 0.416 e. The first-order chi connectivity index (χ1) is 15.0. The van der Waals surface area contributed by atoms with Crippen LogP contribution in [0.5, 0.6) is 0 Å². The number of amides is 1. The van der Waals surface area contributed by atoms with Gasteiger partial charge in [0, 0.05) is 19.6 Å². The second kappa shape index (κ2) is 8.15. The number of nitrogens with one attached hydrogen (secondary N) is 1. The standard InChI is InChI=1S/C21H17F6N3OS/c1-2-5-28-18-17(32-19(31)29-18)7-13-14-9-30(10-15(13)14)8-11-3-4-12(20(22,23)24)6-16(11)21(25,26)27/h1,3-4,6-7,13-15H,5,8-10H2,(H,28,29,31)/b17-7-/t13?,14-,15+. The second-order valence-corrected chi connectivity index (χ2v) is 8.90. The van der Waals surface area contributed by atoms with E-state index >= 15 is 0 Å². The van der Waals surface area contributed by atoms with Crippen LogP contribution in [0.2, 0.25) is 0 Å². The van der Waals surface area contributed by atoms with E-state index < -0.39 is 23.5 Å². The maximum atomic E-state index is 13.4. The number of hydrogen-bond donors (Lipinski definition) is 1. The molecule has 1 saturated carbocycles. The summed E-state index contributed by atoms with van der Waals surface area (Å²) in [6.45, 7) is 1.11. The fourth-order valence-corrected chi connectivity index (χ4v) is 5.08. The molecule has 4 nitrogen and oxygen atoms in total. The monoisotopic (exact) mass is 473 g/mol. The highest BCUT2D eigenvalue weighted by Gasteiger charge is 2.55. The fourth-order valence-electron chi connectivity index (χ4n) is 4.29. The average Bonchev–Trinajstić information content (AvgIpc) is 3.00. The molecule has 2 saturated heterocycles. The number of terminal acetylenes is 1. The van der Waals surface area contributed by atoms with Crippen LogP contribution in [0, 0.1) is 30.1 Å². The van der Waals surface area contributed by atoms with Crippen molar-refractivity contribution < 1.29 is 31.1 Å². The zero-order valence-electron chi connectivity index (χ0n) is 16.4. The number of hydrogen-bond acceptors (Lipinski definition) is 4. The molecule has 0 bridgehead atoms. The summed E-state index contributed by atoms with van der Waals surface area (Å²) in [7, 11) is 0.